The van der Waals surface area contributed by atoms with Gasteiger partial charge in [0.05, 0.1) is 0 Å². The summed E-state index contributed by atoms with van der Waals surface area (Å²) < 4.78 is 6.00. The van der Waals surface area contributed by atoms with Crippen molar-refractivity contribution in [2.45, 2.75) is 24.4 Å². The van der Waals surface area contributed by atoms with Crippen molar-refractivity contribution < 1.29 is 19.1 Å². The largest absolute Gasteiger partial charge is 0.448 e. The molecule has 2 atom stereocenters. The minimum Gasteiger partial charge on any atom is -0.448 e. The van der Waals surface area contributed by atoms with Crippen molar-refractivity contribution in [2.24, 2.45) is 5.73 Å². The molecule has 0 aromatic heterocycles. The van der Waals surface area contributed by atoms with Crippen LogP contribution in [0.15, 0.2) is 71.9 Å². The molecule has 1 fully saturated rings. The molecule has 8 heteroatoms. The van der Waals surface area contributed by atoms with Crippen LogP contribution in [0, 0.1) is 0 Å². The molecule has 2 aromatic rings. The van der Waals surface area contributed by atoms with Crippen molar-refractivity contribution in [1.29, 1.82) is 0 Å². The SMILES string of the molecule is CC(=O)SCC1=C(C(=O)OC(c2ccccc2)c2ccccc2)N2C(=O)[C@@H](N)[C@@H]2SC1. The normalized spacial score (nSPS) is 20.4. The molecule has 0 spiro atoms. The number of hydrogen-bond acceptors (Lipinski definition) is 7. The second kappa shape index (κ2) is 9.30. The van der Waals surface area contributed by atoms with Gasteiger partial charge in [-0.2, -0.15) is 0 Å². The molecular formula is C23H22N2O4S2. The summed E-state index contributed by atoms with van der Waals surface area (Å²) in [7, 11) is 0. The second-order valence-corrected chi connectivity index (χ2v) is 9.53. The van der Waals surface area contributed by atoms with Crippen molar-refractivity contribution in [2.75, 3.05) is 11.5 Å². The lowest BCUT2D eigenvalue weighted by Crippen LogP contribution is -2.68. The lowest BCUT2D eigenvalue weighted by Gasteiger charge is -2.48. The molecule has 0 saturated carbocycles. The van der Waals surface area contributed by atoms with Crippen molar-refractivity contribution in [3.8, 4) is 0 Å². The highest BCUT2D eigenvalue weighted by molar-refractivity contribution is 8.13. The average molecular weight is 455 g/mol. The van der Waals surface area contributed by atoms with Crippen LogP contribution >= 0.6 is 23.5 Å². The van der Waals surface area contributed by atoms with Gasteiger partial charge in [-0.25, -0.2) is 4.79 Å². The summed E-state index contributed by atoms with van der Waals surface area (Å²) in [6, 6.07) is 18.3. The summed E-state index contributed by atoms with van der Waals surface area (Å²) in [5.41, 5.74) is 8.54. The van der Waals surface area contributed by atoms with Gasteiger partial charge in [-0.05, 0) is 16.7 Å². The summed E-state index contributed by atoms with van der Waals surface area (Å²) in [5.74, 6) is -0.0264. The van der Waals surface area contributed by atoms with Gasteiger partial charge in [-0.15, -0.1) is 11.8 Å². The zero-order chi connectivity index (χ0) is 22.0. The molecule has 2 N–H and O–H groups in total. The number of hydrogen-bond donors (Lipinski definition) is 1. The van der Waals surface area contributed by atoms with E-state index in [1.807, 2.05) is 60.7 Å². The zero-order valence-corrected chi connectivity index (χ0v) is 18.5. The summed E-state index contributed by atoms with van der Waals surface area (Å²) >= 11 is 2.62. The molecule has 2 aliphatic rings. The van der Waals surface area contributed by atoms with E-state index in [-0.39, 0.29) is 22.1 Å². The first kappa shape index (κ1) is 21.7. The monoisotopic (exact) mass is 454 g/mol. The van der Waals surface area contributed by atoms with Gasteiger partial charge in [0.25, 0.3) is 0 Å². The van der Waals surface area contributed by atoms with Crippen LogP contribution in [0.3, 0.4) is 0 Å². The zero-order valence-electron chi connectivity index (χ0n) is 16.9. The number of β-lactam (4-membered cyclic amide) rings is 1. The third-order valence-electron chi connectivity index (χ3n) is 5.16. The van der Waals surface area contributed by atoms with E-state index in [4.69, 9.17) is 10.5 Å². The predicted molar refractivity (Wildman–Crippen MR) is 122 cm³/mol. The lowest BCUT2D eigenvalue weighted by molar-refractivity contribution is -0.153. The number of benzene rings is 2. The molecule has 0 bridgehead atoms. The third-order valence-corrected chi connectivity index (χ3v) is 7.42. The Morgan fingerprint density at radius 1 is 1.13 bits per heavy atom. The highest BCUT2D eigenvalue weighted by Crippen LogP contribution is 2.41. The van der Waals surface area contributed by atoms with Gasteiger partial charge < -0.3 is 10.5 Å². The van der Waals surface area contributed by atoms with Crippen molar-refractivity contribution >= 4 is 40.5 Å². The summed E-state index contributed by atoms with van der Waals surface area (Å²) in [6.45, 7) is 1.48. The molecule has 160 valence electrons. The van der Waals surface area contributed by atoms with E-state index in [0.29, 0.717) is 17.1 Å². The molecule has 2 heterocycles. The van der Waals surface area contributed by atoms with E-state index < -0.39 is 18.1 Å². The highest BCUT2D eigenvalue weighted by Gasteiger charge is 2.52. The Hall–Kier alpha value is -2.55. The highest BCUT2D eigenvalue weighted by atomic mass is 32.2. The number of esters is 1. The molecule has 1 amide bonds. The fourth-order valence-corrected chi connectivity index (χ4v) is 5.65. The van der Waals surface area contributed by atoms with E-state index in [1.165, 1.54) is 23.6 Å². The Kier molecular flexibility index (Phi) is 6.50. The number of rotatable bonds is 6. The van der Waals surface area contributed by atoms with Crippen molar-refractivity contribution in [3.05, 3.63) is 83.1 Å². The van der Waals surface area contributed by atoms with Crippen LogP contribution in [-0.4, -0.2) is 44.8 Å². The van der Waals surface area contributed by atoms with Crippen LogP contribution in [0.25, 0.3) is 0 Å². The number of amides is 1. The van der Waals surface area contributed by atoms with Gasteiger partial charge in [-0.3, -0.25) is 14.5 Å². The second-order valence-electron chi connectivity index (χ2n) is 7.27. The van der Waals surface area contributed by atoms with Gasteiger partial charge in [0.15, 0.2) is 11.2 Å². The Labute approximate surface area is 189 Å². The minimum atomic E-state index is -0.631. The van der Waals surface area contributed by atoms with Crippen molar-refractivity contribution in [3.63, 3.8) is 0 Å². The number of ether oxygens (including phenoxy) is 1. The summed E-state index contributed by atoms with van der Waals surface area (Å²) in [5, 5.41) is -0.335. The van der Waals surface area contributed by atoms with Gasteiger partial charge in [0.2, 0.25) is 5.91 Å². The van der Waals surface area contributed by atoms with E-state index in [9.17, 15) is 14.4 Å². The maximum atomic E-state index is 13.4. The fraction of sp³-hybridized carbons (Fsp3) is 0.261. The molecule has 0 aliphatic carbocycles. The van der Waals surface area contributed by atoms with Crippen LogP contribution in [-0.2, 0) is 19.1 Å². The third kappa shape index (κ3) is 4.42. The van der Waals surface area contributed by atoms with Crippen LogP contribution in [0.4, 0.5) is 0 Å². The number of fused-ring (bicyclic) bond motifs is 1. The lowest BCUT2D eigenvalue weighted by atomic mass is 10.0. The smallest absolute Gasteiger partial charge is 0.356 e. The van der Waals surface area contributed by atoms with E-state index >= 15 is 0 Å². The fourth-order valence-electron chi connectivity index (χ4n) is 3.62. The first-order chi connectivity index (χ1) is 15.0. The van der Waals surface area contributed by atoms with E-state index in [1.54, 1.807) is 0 Å². The topological polar surface area (TPSA) is 89.7 Å². The molecule has 4 rings (SSSR count). The molecule has 2 aromatic carbocycles. The van der Waals surface area contributed by atoms with E-state index in [2.05, 4.69) is 0 Å². The molecule has 2 aliphatic heterocycles. The van der Waals surface area contributed by atoms with Crippen LogP contribution in [0.5, 0.6) is 0 Å². The number of carbonyl (C=O) groups is 3. The maximum Gasteiger partial charge on any atom is 0.356 e. The first-order valence-corrected chi connectivity index (χ1v) is 11.9. The number of thioether (sulfide) groups is 2. The van der Waals surface area contributed by atoms with E-state index in [0.717, 1.165) is 22.9 Å². The number of nitrogens with zero attached hydrogens (tertiary/aromatic N) is 1. The van der Waals surface area contributed by atoms with Gasteiger partial charge in [-0.1, -0.05) is 72.4 Å². The van der Waals surface area contributed by atoms with Crippen molar-refractivity contribution in [1.82, 2.24) is 4.90 Å². The quantitative estimate of drug-likeness (QED) is 0.530. The Morgan fingerprint density at radius 3 is 2.26 bits per heavy atom. The Morgan fingerprint density at radius 2 is 1.71 bits per heavy atom. The molecule has 1 saturated heterocycles. The molecular weight excluding hydrogens is 432 g/mol. The number of carbonyl (C=O) groups excluding carboxylic acids is 3. The predicted octanol–water partition coefficient (Wildman–Crippen LogP) is 3.10. The first-order valence-electron chi connectivity index (χ1n) is 9.84. The number of nitrogens with two attached hydrogens (primary N) is 1. The molecule has 0 unspecified atom stereocenters. The molecule has 6 nitrogen and oxygen atoms in total. The maximum absolute atomic E-state index is 13.4. The van der Waals surface area contributed by atoms with Gasteiger partial charge >= 0.3 is 5.97 Å². The Bertz CT molecular complexity index is 987. The summed E-state index contributed by atoms with van der Waals surface area (Å²) in [6.07, 6.45) is -0.623. The Balaban J connectivity index is 1.68. The van der Waals surface area contributed by atoms with Crippen LogP contribution in [0.2, 0.25) is 0 Å². The summed E-state index contributed by atoms with van der Waals surface area (Å²) in [4.78, 5) is 38.9. The standard InChI is InChI=1S/C23H22N2O4S2/c1-14(26)30-12-17-13-31-22-18(24)21(27)25(22)19(17)23(28)29-20(15-8-4-2-5-9-15)16-10-6-3-7-11-16/h2-11,18,20,22H,12-13,24H2,1H3/t18-,22+/m1/s1. The van der Waals surface area contributed by atoms with Crippen LogP contribution < -0.4 is 5.73 Å². The van der Waals surface area contributed by atoms with Crippen LogP contribution in [0.1, 0.15) is 24.2 Å². The average Bonchev–Trinajstić information content (AvgIpc) is 2.80. The minimum absolute atomic E-state index is 0.0505. The van der Waals surface area contributed by atoms with Gasteiger partial charge in [0.1, 0.15) is 17.1 Å². The molecule has 31 heavy (non-hydrogen) atoms. The van der Waals surface area contributed by atoms with Gasteiger partial charge in [0, 0.05) is 18.4 Å². The molecule has 0 radical (unpaired) electrons.